The van der Waals surface area contributed by atoms with Crippen LogP contribution in [0.2, 0.25) is 0 Å². The summed E-state index contributed by atoms with van der Waals surface area (Å²) in [5, 5.41) is 3.25. The van der Waals surface area contributed by atoms with Crippen LogP contribution in [0.15, 0.2) is 12.3 Å². The van der Waals surface area contributed by atoms with Crippen molar-refractivity contribution in [1.82, 2.24) is 9.97 Å². The Hall–Kier alpha value is -1.32. The largest absolute Gasteiger partial charge is 0.354 e. The molecule has 0 saturated carbocycles. The van der Waals surface area contributed by atoms with Crippen LogP contribution in [0.4, 0.5) is 11.8 Å². The molecule has 2 rings (SSSR count). The molecule has 4 heteroatoms. The Bertz CT molecular complexity index is 380. The first-order valence-corrected chi connectivity index (χ1v) is 7.06. The first-order chi connectivity index (χ1) is 8.72. The molecule has 1 aromatic rings. The predicted octanol–water partition coefficient (Wildman–Crippen LogP) is 2.92. The molecule has 0 aliphatic carbocycles. The first-order valence-electron chi connectivity index (χ1n) is 7.06. The number of hydrogen-bond acceptors (Lipinski definition) is 4. The van der Waals surface area contributed by atoms with Gasteiger partial charge in [0.25, 0.3) is 0 Å². The van der Waals surface area contributed by atoms with E-state index in [1.165, 1.54) is 12.8 Å². The lowest BCUT2D eigenvalue weighted by Gasteiger charge is -2.38. The van der Waals surface area contributed by atoms with Gasteiger partial charge in [-0.1, -0.05) is 13.8 Å². The predicted molar refractivity (Wildman–Crippen MR) is 76.0 cm³/mol. The van der Waals surface area contributed by atoms with Crippen LogP contribution in [0, 0.1) is 5.92 Å². The third-order valence-electron chi connectivity index (χ3n) is 3.84. The summed E-state index contributed by atoms with van der Waals surface area (Å²) in [6, 6.07) is 2.58. The number of hydrogen-bond donors (Lipinski definition) is 1. The molecule has 1 N–H and O–H groups in total. The second kappa shape index (κ2) is 6.03. The van der Waals surface area contributed by atoms with Crippen molar-refractivity contribution in [3.8, 4) is 0 Å². The Morgan fingerprint density at radius 3 is 3.06 bits per heavy atom. The van der Waals surface area contributed by atoms with Gasteiger partial charge in [0, 0.05) is 25.3 Å². The normalized spacial score (nSPS) is 24.1. The van der Waals surface area contributed by atoms with E-state index in [1.807, 2.05) is 12.3 Å². The fraction of sp³-hybridized carbons (Fsp3) is 0.714. The van der Waals surface area contributed by atoms with Crippen LogP contribution >= 0.6 is 0 Å². The highest BCUT2D eigenvalue weighted by molar-refractivity contribution is 5.44. The van der Waals surface area contributed by atoms with E-state index in [0.717, 1.165) is 37.2 Å². The Labute approximate surface area is 110 Å². The van der Waals surface area contributed by atoms with Gasteiger partial charge in [0.1, 0.15) is 5.82 Å². The van der Waals surface area contributed by atoms with E-state index in [1.54, 1.807) is 0 Å². The van der Waals surface area contributed by atoms with Crippen LogP contribution in [0.1, 0.15) is 40.0 Å². The number of piperidine rings is 1. The van der Waals surface area contributed by atoms with E-state index < -0.39 is 0 Å². The van der Waals surface area contributed by atoms with E-state index in [-0.39, 0.29) is 0 Å². The van der Waals surface area contributed by atoms with Crippen molar-refractivity contribution >= 4 is 11.8 Å². The first kappa shape index (κ1) is 13.1. The van der Waals surface area contributed by atoms with Crippen molar-refractivity contribution in [3.05, 3.63) is 12.3 Å². The molecule has 2 heterocycles. The second-order valence-corrected chi connectivity index (χ2v) is 5.22. The number of anilines is 2. The lowest BCUT2D eigenvalue weighted by molar-refractivity contribution is 0.361. The van der Waals surface area contributed by atoms with Crippen molar-refractivity contribution in [2.75, 3.05) is 23.3 Å². The molecule has 0 spiro atoms. The quantitative estimate of drug-likeness (QED) is 0.889. The molecule has 1 aliphatic rings. The molecule has 4 nitrogen and oxygen atoms in total. The molecule has 1 aromatic heterocycles. The molecule has 1 aliphatic heterocycles. The third kappa shape index (κ3) is 2.92. The summed E-state index contributed by atoms with van der Waals surface area (Å²) in [7, 11) is 0. The Morgan fingerprint density at radius 2 is 2.28 bits per heavy atom. The Morgan fingerprint density at radius 1 is 1.44 bits per heavy atom. The van der Waals surface area contributed by atoms with Gasteiger partial charge in [-0.3, -0.25) is 0 Å². The van der Waals surface area contributed by atoms with Gasteiger partial charge in [0.2, 0.25) is 5.95 Å². The SMILES string of the molecule is CCCNc1nccc(N2CCCC(C)C2C)n1. The lowest BCUT2D eigenvalue weighted by atomic mass is 9.92. The summed E-state index contributed by atoms with van der Waals surface area (Å²) in [6.07, 6.45) is 5.52. The van der Waals surface area contributed by atoms with Gasteiger partial charge in [-0.05, 0) is 38.2 Å². The smallest absolute Gasteiger partial charge is 0.224 e. The Balaban J connectivity index is 2.11. The van der Waals surface area contributed by atoms with E-state index >= 15 is 0 Å². The number of rotatable bonds is 4. The molecule has 2 unspecified atom stereocenters. The van der Waals surface area contributed by atoms with Crippen LogP contribution in [0.3, 0.4) is 0 Å². The third-order valence-corrected chi connectivity index (χ3v) is 3.84. The van der Waals surface area contributed by atoms with Crippen molar-refractivity contribution in [1.29, 1.82) is 0 Å². The minimum absolute atomic E-state index is 0.563. The molecular weight excluding hydrogens is 224 g/mol. The summed E-state index contributed by atoms with van der Waals surface area (Å²) in [4.78, 5) is 11.3. The number of aromatic nitrogens is 2. The Kier molecular flexibility index (Phi) is 4.39. The highest BCUT2D eigenvalue weighted by Crippen LogP contribution is 2.27. The van der Waals surface area contributed by atoms with Gasteiger partial charge in [-0.25, -0.2) is 4.98 Å². The van der Waals surface area contributed by atoms with Crippen LogP contribution in [0.5, 0.6) is 0 Å². The zero-order valence-electron chi connectivity index (χ0n) is 11.7. The van der Waals surface area contributed by atoms with Crippen molar-refractivity contribution < 1.29 is 0 Å². The standard InChI is InChI=1S/C14H24N4/c1-4-8-15-14-16-9-7-13(17-14)18-10-5-6-11(2)12(18)3/h7,9,11-12H,4-6,8,10H2,1-3H3,(H,15,16,17). The van der Waals surface area contributed by atoms with Crippen LogP contribution in [-0.4, -0.2) is 29.1 Å². The summed E-state index contributed by atoms with van der Waals surface area (Å²) in [6.45, 7) is 8.80. The van der Waals surface area contributed by atoms with Gasteiger partial charge < -0.3 is 10.2 Å². The highest BCUT2D eigenvalue weighted by Gasteiger charge is 2.25. The summed E-state index contributed by atoms with van der Waals surface area (Å²) >= 11 is 0. The molecule has 0 bridgehead atoms. The fourth-order valence-corrected chi connectivity index (χ4v) is 2.49. The molecule has 0 aromatic carbocycles. The molecule has 18 heavy (non-hydrogen) atoms. The van der Waals surface area contributed by atoms with Gasteiger partial charge in [-0.2, -0.15) is 4.98 Å². The van der Waals surface area contributed by atoms with Gasteiger partial charge in [-0.15, -0.1) is 0 Å². The van der Waals surface area contributed by atoms with E-state index in [0.29, 0.717) is 6.04 Å². The van der Waals surface area contributed by atoms with Crippen LogP contribution < -0.4 is 10.2 Å². The molecule has 100 valence electrons. The zero-order valence-corrected chi connectivity index (χ0v) is 11.7. The van der Waals surface area contributed by atoms with Gasteiger partial charge in [0.15, 0.2) is 0 Å². The highest BCUT2D eigenvalue weighted by atomic mass is 15.2. The number of nitrogens with one attached hydrogen (secondary N) is 1. The summed E-state index contributed by atoms with van der Waals surface area (Å²) in [5.41, 5.74) is 0. The molecule has 0 amide bonds. The molecule has 1 fully saturated rings. The van der Waals surface area contributed by atoms with Gasteiger partial charge in [0.05, 0.1) is 0 Å². The maximum absolute atomic E-state index is 4.62. The maximum atomic E-state index is 4.62. The lowest BCUT2D eigenvalue weighted by Crippen LogP contribution is -2.43. The molecule has 1 saturated heterocycles. The molecular formula is C14H24N4. The average Bonchev–Trinajstić information content (AvgIpc) is 2.40. The minimum atomic E-state index is 0.563. The summed E-state index contributed by atoms with van der Waals surface area (Å²) in [5.74, 6) is 2.54. The van der Waals surface area contributed by atoms with E-state index in [4.69, 9.17) is 0 Å². The van der Waals surface area contributed by atoms with E-state index in [2.05, 4.69) is 41.0 Å². The molecule has 0 radical (unpaired) electrons. The zero-order chi connectivity index (χ0) is 13.0. The van der Waals surface area contributed by atoms with Gasteiger partial charge >= 0.3 is 0 Å². The van der Waals surface area contributed by atoms with Crippen LogP contribution in [0.25, 0.3) is 0 Å². The average molecular weight is 248 g/mol. The van der Waals surface area contributed by atoms with E-state index in [9.17, 15) is 0 Å². The topological polar surface area (TPSA) is 41.1 Å². The maximum Gasteiger partial charge on any atom is 0.224 e. The second-order valence-electron chi connectivity index (χ2n) is 5.22. The van der Waals surface area contributed by atoms with Crippen LogP contribution in [-0.2, 0) is 0 Å². The minimum Gasteiger partial charge on any atom is -0.354 e. The monoisotopic (exact) mass is 248 g/mol. The van der Waals surface area contributed by atoms with Crippen molar-refractivity contribution in [2.45, 2.75) is 46.1 Å². The summed E-state index contributed by atoms with van der Waals surface area (Å²) < 4.78 is 0. The van der Waals surface area contributed by atoms with Crippen molar-refractivity contribution in [3.63, 3.8) is 0 Å². The number of nitrogens with zero attached hydrogens (tertiary/aromatic N) is 3. The molecule has 2 atom stereocenters. The fourth-order valence-electron chi connectivity index (χ4n) is 2.49. The van der Waals surface area contributed by atoms with Crippen molar-refractivity contribution in [2.24, 2.45) is 5.92 Å².